The van der Waals surface area contributed by atoms with Crippen molar-refractivity contribution in [2.24, 2.45) is 0 Å². The fraction of sp³-hybridized carbons (Fsp3) is 0.647. The summed E-state index contributed by atoms with van der Waals surface area (Å²) in [4.78, 5) is 2.37. The second kappa shape index (κ2) is 6.15. The molecule has 1 aromatic carbocycles. The third-order valence-corrected chi connectivity index (χ3v) is 4.85. The molecule has 110 valence electrons. The Labute approximate surface area is 121 Å². The molecule has 20 heavy (non-hydrogen) atoms. The first-order valence-corrected chi connectivity index (χ1v) is 7.85. The van der Waals surface area contributed by atoms with Crippen LogP contribution in [0, 0.1) is 0 Å². The molecule has 0 aromatic heterocycles. The van der Waals surface area contributed by atoms with Gasteiger partial charge in [0.1, 0.15) is 5.75 Å². The van der Waals surface area contributed by atoms with Gasteiger partial charge in [-0.2, -0.15) is 0 Å². The molecule has 3 nitrogen and oxygen atoms in total. The van der Waals surface area contributed by atoms with Crippen LogP contribution < -0.4 is 4.74 Å². The van der Waals surface area contributed by atoms with Crippen LogP contribution in [0.5, 0.6) is 5.75 Å². The molecule has 0 amide bonds. The van der Waals surface area contributed by atoms with Crippen LogP contribution in [-0.4, -0.2) is 42.4 Å². The molecule has 1 aliphatic carbocycles. The second-order valence-electron chi connectivity index (χ2n) is 6.23. The van der Waals surface area contributed by atoms with E-state index in [1.54, 1.807) is 0 Å². The third kappa shape index (κ3) is 2.84. The van der Waals surface area contributed by atoms with Crippen LogP contribution in [0.2, 0.25) is 0 Å². The van der Waals surface area contributed by atoms with Gasteiger partial charge in [0, 0.05) is 18.5 Å². The van der Waals surface area contributed by atoms with E-state index in [0.717, 1.165) is 38.2 Å². The summed E-state index contributed by atoms with van der Waals surface area (Å²) >= 11 is 0. The van der Waals surface area contributed by atoms with Crippen LogP contribution in [0.3, 0.4) is 0 Å². The van der Waals surface area contributed by atoms with Crippen molar-refractivity contribution < 1.29 is 9.84 Å². The number of rotatable bonds is 3. The zero-order valence-corrected chi connectivity index (χ0v) is 12.3. The minimum atomic E-state index is -0.149. The van der Waals surface area contributed by atoms with E-state index >= 15 is 0 Å². The monoisotopic (exact) mass is 275 g/mol. The molecule has 0 bridgehead atoms. The van der Waals surface area contributed by atoms with Gasteiger partial charge in [-0.3, -0.25) is 0 Å². The van der Waals surface area contributed by atoms with Gasteiger partial charge in [0.2, 0.25) is 0 Å². The van der Waals surface area contributed by atoms with Crippen molar-refractivity contribution in [3.05, 3.63) is 29.8 Å². The molecule has 3 atom stereocenters. The standard InChI is InChI=1S/C17H25NO2/c1-18(15-7-3-4-8-16(15)19)12-13-10-11-20-17-9-5-2-6-14(13)17/h2,5-6,9,13,15-16,19H,3-4,7-8,10-12H2,1H3. The van der Waals surface area contributed by atoms with Crippen molar-refractivity contribution in [1.29, 1.82) is 0 Å². The minimum absolute atomic E-state index is 0.149. The molecule has 1 aliphatic heterocycles. The Morgan fingerprint density at radius 2 is 2.00 bits per heavy atom. The molecule has 1 saturated carbocycles. The maximum absolute atomic E-state index is 10.2. The number of ether oxygens (including phenoxy) is 1. The Morgan fingerprint density at radius 3 is 2.85 bits per heavy atom. The van der Waals surface area contributed by atoms with Gasteiger partial charge in [0.15, 0.2) is 0 Å². The molecule has 3 rings (SSSR count). The normalized spacial score (nSPS) is 29.9. The fourth-order valence-electron chi connectivity index (χ4n) is 3.69. The van der Waals surface area contributed by atoms with Gasteiger partial charge in [-0.1, -0.05) is 31.0 Å². The summed E-state index contributed by atoms with van der Waals surface area (Å²) in [6.07, 6.45) is 5.43. The smallest absolute Gasteiger partial charge is 0.122 e. The van der Waals surface area contributed by atoms with E-state index < -0.39 is 0 Å². The van der Waals surface area contributed by atoms with Gasteiger partial charge < -0.3 is 14.7 Å². The molecule has 3 unspecified atom stereocenters. The van der Waals surface area contributed by atoms with Gasteiger partial charge in [0.25, 0.3) is 0 Å². The van der Waals surface area contributed by atoms with E-state index in [-0.39, 0.29) is 6.10 Å². The maximum atomic E-state index is 10.2. The number of aliphatic hydroxyl groups excluding tert-OH is 1. The maximum Gasteiger partial charge on any atom is 0.122 e. The second-order valence-corrected chi connectivity index (χ2v) is 6.23. The number of benzene rings is 1. The van der Waals surface area contributed by atoms with Crippen molar-refractivity contribution in [1.82, 2.24) is 4.90 Å². The van der Waals surface area contributed by atoms with Crippen LogP contribution in [0.4, 0.5) is 0 Å². The Hall–Kier alpha value is -1.06. The molecule has 0 saturated heterocycles. The van der Waals surface area contributed by atoms with E-state index in [1.165, 1.54) is 18.4 Å². The average Bonchev–Trinajstić information content (AvgIpc) is 2.48. The minimum Gasteiger partial charge on any atom is -0.493 e. The zero-order chi connectivity index (χ0) is 13.9. The number of para-hydroxylation sites is 1. The highest BCUT2D eigenvalue weighted by atomic mass is 16.5. The summed E-state index contributed by atoms with van der Waals surface area (Å²) < 4.78 is 5.73. The topological polar surface area (TPSA) is 32.7 Å². The van der Waals surface area contributed by atoms with Crippen LogP contribution in [0.15, 0.2) is 24.3 Å². The fourth-order valence-corrected chi connectivity index (χ4v) is 3.69. The number of nitrogens with zero attached hydrogens (tertiary/aromatic N) is 1. The highest BCUT2D eigenvalue weighted by Crippen LogP contribution is 2.34. The molecule has 0 spiro atoms. The predicted octanol–water partition coefficient (Wildman–Crippen LogP) is 2.79. The van der Waals surface area contributed by atoms with Crippen molar-refractivity contribution in [2.75, 3.05) is 20.2 Å². The zero-order valence-electron chi connectivity index (χ0n) is 12.3. The van der Waals surface area contributed by atoms with E-state index in [2.05, 4.69) is 30.1 Å². The van der Waals surface area contributed by atoms with Crippen molar-refractivity contribution >= 4 is 0 Å². The summed E-state index contributed by atoms with van der Waals surface area (Å²) in [6, 6.07) is 8.71. The van der Waals surface area contributed by atoms with E-state index in [9.17, 15) is 5.11 Å². The van der Waals surface area contributed by atoms with Gasteiger partial charge >= 0.3 is 0 Å². The lowest BCUT2D eigenvalue weighted by Crippen LogP contribution is -2.45. The van der Waals surface area contributed by atoms with Crippen LogP contribution >= 0.6 is 0 Å². The molecule has 1 heterocycles. The highest BCUT2D eigenvalue weighted by molar-refractivity contribution is 5.37. The first-order valence-electron chi connectivity index (χ1n) is 7.85. The van der Waals surface area contributed by atoms with Gasteiger partial charge in [-0.15, -0.1) is 0 Å². The Morgan fingerprint density at radius 1 is 1.20 bits per heavy atom. The van der Waals surface area contributed by atoms with Gasteiger partial charge in [-0.05, 0) is 37.9 Å². The van der Waals surface area contributed by atoms with Crippen molar-refractivity contribution in [3.63, 3.8) is 0 Å². The lowest BCUT2D eigenvalue weighted by atomic mass is 9.88. The molecule has 3 heteroatoms. The Balaban J connectivity index is 1.69. The van der Waals surface area contributed by atoms with E-state index in [1.807, 2.05) is 6.07 Å². The molecular formula is C17H25NO2. The first-order chi connectivity index (χ1) is 9.75. The molecular weight excluding hydrogens is 250 g/mol. The molecule has 1 fully saturated rings. The molecule has 1 N–H and O–H groups in total. The summed E-state index contributed by atoms with van der Waals surface area (Å²) in [6.45, 7) is 1.82. The Bertz CT molecular complexity index is 448. The molecule has 1 aromatic rings. The van der Waals surface area contributed by atoms with Crippen LogP contribution in [0.25, 0.3) is 0 Å². The molecule has 0 radical (unpaired) electrons. The average molecular weight is 275 g/mol. The lowest BCUT2D eigenvalue weighted by Gasteiger charge is -2.38. The summed E-state index contributed by atoms with van der Waals surface area (Å²) in [5.74, 6) is 1.57. The van der Waals surface area contributed by atoms with E-state index in [4.69, 9.17) is 4.74 Å². The van der Waals surface area contributed by atoms with Crippen LogP contribution in [-0.2, 0) is 0 Å². The third-order valence-electron chi connectivity index (χ3n) is 4.85. The number of fused-ring (bicyclic) bond motifs is 1. The van der Waals surface area contributed by atoms with Crippen molar-refractivity contribution in [2.45, 2.75) is 50.2 Å². The quantitative estimate of drug-likeness (QED) is 0.920. The van der Waals surface area contributed by atoms with Gasteiger partial charge in [0.05, 0.1) is 12.7 Å². The number of hydrogen-bond acceptors (Lipinski definition) is 3. The SMILES string of the molecule is CN(CC1CCOc2ccccc21)C1CCCCC1O. The highest BCUT2D eigenvalue weighted by Gasteiger charge is 2.29. The van der Waals surface area contributed by atoms with Crippen LogP contribution in [0.1, 0.15) is 43.6 Å². The summed E-state index contributed by atoms with van der Waals surface area (Å²) in [5, 5.41) is 10.2. The first kappa shape index (κ1) is 13.9. The number of aliphatic hydroxyl groups is 1. The number of likely N-dealkylation sites (N-methyl/N-ethyl adjacent to an activating group) is 1. The van der Waals surface area contributed by atoms with Crippen molar-refractivity contribution in [3.8, 4) is 5.75 Å². The van der Waals surface area contributed by atoms with Gasteiger partial charge in [-0.25, -0.2) is 0 Å². The summed E-state index contributed by atoms with van der Waals surface area (Å²) in [7, 11) is 2.16. The lowest BCUT2D eigenvalue weighted by molar-refractivity contribution is 0.0279. The predicted molar refractivity (Wildman–Crippen MR) is 80.2 cm³/mol. The summed E-state index contributed by atoms with van der Waals surface area (Å²) in [5.41, 5.74) is 1.33. The molecule has 2 aliphatic rings. The Kier molecular flexibility index (Phi) is 4.27. The van der Waals surface area contributed by atoms with E-state index in [0.29, 0.717) is 12.0 Å². The largest absolute Gasteiger partial charge is 0.493 e. The number of hydrogen-bond donors (Lipinski definition) is 1.